The number of aromatic nitrogens is 4. The van der Waals surface area contributed by atoms with Gasteiger partial charge in [-0.1, -0.05) is 23.7 Å². The maximum Gasteiger partial charge on any atom is 0.452 e. The number of halogens is 4. The number of methoxy groups -OCH3 is 2. The molecule has 4 aromatic rings. The fourth-order valence-electron chi connectivity index (χ4n) is 5.08. The number of fused-ring (bicyclic) bond motifs is 3. The van der Waals surface area contributed by atoms with Crippen molar-refractivity contribution in [3.8, 4) is 17.2 Å². The number of benzene rings is 2. The molecule has 0 aliphatic carbocycles. The van der Waals surface area contributed by atoms with Crippen molar-refractivity contribution in [3.05, 3.63) is 79.8 Å². The summed E-state index contributed by atoms with van der Waals surface area (Å²) in [5, 5.41) is 7.66. The van der Waals surface area contributed by atoms with Crippen LogP contribution in [0.5, 0.6) is 11.5 Å². The van der Waals surface area contributed by atoms with Crippen molar-refractivity contribution in [1.82, 2.24) is 19.7 Å². The van der Waals surface area contributed by atoms with Crippen LogP contribution in [0.15, 0.2) is 36.4 Å². The van der Waals surface area contributed by atoms with Gasteiger partial charge in [0, 0.05) is 21.9 Å². The fraction of sp³-hybridized carbons (Fsp3) is 0.379. The van der Waals surface area contributed by atoms with Crippen molar-refractivity contribution >= 4 is 40.7 Å². The van der Waals surface area contributed by atoms with Gasteiger partial charge in [-0.3, -0.25) is 9.36 Å². The smallest absolute Gasteiger partial charge is 0.452 e. The van der Waals surface area contributed by atoms with Crippen molar-refractivity contribution in [2.75, 3.05) is 20.8 Å². The van der Waals surface area contributed by atoms with E-state index in [1.807, 2.05) is 19.1 Å². The number of ether oxygens (including phenoxy) is 3. The van der Waals surface area contributed by atoms with Crippen LogP contribution in [0.4, 0.5) is 13.2 Å². The number of alkyl halides is 3. The van der Waals surface area contributed by atoms with E-state index < -0.39 is 22.5 Å². The highest BCUT2D eigenvalue weighted by Gasteiger charge is 2.43. The standard InChI is InChI=1S/C29H28ClF3N4O4S2/c1-5-41-24(38)12-11-21-15(2)34-23(42-21)14-22-27-35-36-28(29(31,32)33)37(27)19-10-9-16(30)13-18(19)26(43-22)17-7-6-8-20(39-3)25(17)40-4/h6-10,13,22,26H,5,11-12,14H2,1-4H3. The molecule has 2 aromatic carbocycles. The highest BCUT2D eigenvalue weighted by atomic mass is 35.5. The van der Waals surface area contributed by atoms with E-state index >= 15 is 0 Å². The molecule has 2 atom stereocenters. The predicted octanol–water partition coefficient (Wildman–Crippen LogP) is 7.34. The minimum absolute atomic E-state index is 0.145. The van der Waals surface area contributed by atoms with Crippen molar-refractivity contribution in [2.45, 2.75) is 49.8 Å². The van der Waals surface area contributed by atoms with E-state index in [1.54, 1.807) is 31.2 Å². The van der Waals surface area contributed by atoms with Crippen molar-refractivity contribution in [3.63, 3.8) is 0 Å². The van der Waals surface area contributed by atoms with Gasteiger partial charge in [-0.15, -0.1) is 33.3 Å². The number of para-hydroxylation sites is 1. The zero-order chi connectivity index (χ0) is 30.9. The lowest BCUT2D eigenvalue weighted by Crippen LogP contribution is -2.16. The third-order valence-corrected chi connectivity index (χ3v) is 9.88. The number of aryl methyl sites for hydroxylation is 2. The molecule has 1 aliphatic heterocycles. The van der Waals surface area contributed by atoms with Gasteiger partial charge in [0.2, 0.25) is 5.82 Å². The second-order valence-corrected chi connectivity index (χ2v) is 12.5. The van der Waals surface area contributed by atoms with Gasteiger partial charge in [0.1, 0.15) is 0 Å². The Balaban J connectivity index is 1.64. The van der Waals surface area contributed by atoms with Crippen LogP contribution in [-0.4, -0.2) is 46.5 Å². The average Bonchev–Trinajstić information content (AvgIpc) is 3.54. The summed E-state index contributed by atoms with van der Waals surface area (Å²) in [6.45, 7) is 3.91. The monoisotopic (exact) mass is 652 g/mol. The molecule has 2 unspecified atom stereocenters. The molecule has 228 valence electrons. The predicted molar refractivity (Wildman–Crippen MR) is 159 cm³/mol. The summed E-state index contributed by atoms with van der Waals surface area (Å²) in [6.07, 6.45) is -3.81. The summed E-state index contributed by atoms with van der Waals surface area (Å²) in [6, 6.07) is 10.2. The van der Waals surface area contributed by atoms with E-state index in [9.17, 15) is 18.0 Å². The third kappa shape index (κ3) is 6.34. The zero-order valence-corrected chi connectivity index (χ0v) is 26.1. The Hall–Kier alpha value is -3.29. The highest BCUT2D eigenvalue weighted by Crippen LogP contribution is 2.54. The lowest BCUT2D eigenvalue weighted by molar-refractivity contribution is -0.146. The van der Waals surface area contributed by atoms with E-state index in [0.29, 0.717) is 45.7 Å². The van der Waals surface area contributed by atoms with E-state index in [0.717, 1.165) is 15.1 Å². The minimum atomic E-state index is -4.76. The van der Waals surface area contributed by atoms with Gasteiger partial charge in [0.25, 0.3) is 0 Å². The van der Waals surface area contributed by atoms with Crippen LogP contribution in [0.3, 0.4) is 0 Å². The fourth-order valence-corrected chi connectivity index (χ4v) is 8.00. The quantitative estimate of drug-likeness (QED) is 0.174. The van der Waals surface area contributed by atoms with Gasteiger partial charge in [0.05, 0.1) is 54.1 Å². The topological polar surface area (TPSA) is 88.4 Å². The van der Waals surface area contributed by atoms with Crippen LogP contribution in [0.2, 0.25) is 5.02 Å². The van der Waals surface area contributed by atoms with Gasteiger partial charge in [-0.05, 0) is 50.1 Å². The maximum absolute atomic E-state index is 14.3. The maximum atomic E-state index is 14.3. The van der Waals surface area contributed by atoms with E-state index in [1.165, 1.54) is 37.3 Å². The Morgan fingerprint density at radius 2 is 1.91 bits per heavy atom. The van der Waals surface area contributed by atoms with Crippen LogP contribution < -0.4 is 9.47 Å². The second kappa shape index (κ2) is 12.7. The molecule has 5 rings (SSSR count). The first-order chi connectivity index (χ1) is 20.5. The molecular weight excluding hydrogens is 625 g/mol. The van der Waals surface area contributed by atoms with Crippen LogP contribution in [0.1, 0.15) is 62.2 Å². The number of rotatable bonds is 9. The first-order valence-electron chi connectivity index (χ1n) is 13.3. The molecule has 8 nitrogen and oxygen atoms in total. The largest absolute Gasteiger partial charge is 0.493 e. The first kappa shape index (κ1) is 31.1. The number of thioether (sulfide) groups is 1. The molecular formula is C29H28ClF3N4O4S2. The molecule has 0 amide bonds. The lowest BCUT2D eigenvalue weighted by Gasteiger charge is -2.23. The van der Waals surface area contributed by atoms with Crippen LogP contribution in [0.25, 0.3) is 5.69 Å². The number of carbonyl (C=O) groups excluding carboxylic acids is 1. The van der Waals surface area contributed by atoms with Gasteiger partial charge in [0.15, 0.2) is 17.3 Å². The van der Waals surface area contributed by atoms with Gasteiger partial charge < -0.3 is 14.2 Å². The first-order valence-corrected chi connectivity index (χ1v) is 15.5. The van der Waals surface area contributed by atoms with Crippen LogP contribution in [0, 0.1) is 6.92 Å². The Kier molecular flexibility index (Phi) is 9.23. The number of nitrogens with zero attached hydrogens (tertiary/aromatic N) is 4. The highest BCUT2D eigenvalue weighted by molar-refractivity contribution is 8.00. The number of thiazole rings is 1. The Morgan fingerprint density at radius 1 is 1.12 bits per heavy atom. The minimum Gasteiger partial charge on any atom is -0.493 e. The molecule has 43 heavy (non-hydrogen) atoms. The summed E-state index contributed by atoms with van der Waals surface area (Å²) in [4.78, 5) is 17.6. The van der Waals surface area contributed by atoms with Crippen molar-refractivity contribution in [2.24, 2.45) is 0 Å². The van der Waals surface area contributed by atoms with Crippen LogP contribution in [-0.2, 0) is 28.5 Å². The van der Waals surface area contributed by atoms with Gasteiger partial charge >= 0.3 is 12.1 Å². The molecule has 14 heteroatoms. The summed E-state index contributed by atoms with van der Waals surface area (Å²) >= 11 is 9.28. The second-order valence-electron chi connectivity index (χ2n) is 9.63. The Labute approximate surface area is 259 Å². The summed E-state index contributed by atoms with van der Waals surface area (Å²) in [7, 11) is 3.04. The lowest BCUT2D eigenvalue weighted by atomic mass is 10.0. The summed E-state index contributed by atoms with van der Waals surface area (Å²) in [5.74, 6) is -0.323. The molecule has 0 radical (unpaired) electrons. The third-order valence-electron chi connectivity index (χ3n) is 6.92. The Morgan fingerprint density at radius 3 is 2.60 bits per heavy atom. The van der Waals surface area contributed by atoms with Crippen LogP contribution >= 0.6 is 34.7 Å². The molecule has 0 saturated heterocycles. The average molecular weight is 653 g/mol. The van der Waals surface area contributed by atoms with Crippen molar-refractivity contribution < 1.29 is 32.2 Å². The number of esters is 1. The Bertz CT molecular complexity index is 1640. The molecule has 3 heterocycles. The summed E-state index contributed by atoms with van der Waals surface area (Å²) in [5.41, 5.74) is 2.29. The number of carbonyl (C=O) groups is 1. The van der Waals surface area contributed by atoms with Gasteiger partial charge in [-0.25, -0.2) is 4.98 Å². The zero-order valence-electron chi connectivity index (χ0n) is 23.7. The molecule has 0 bridgehead atoms. The molecule has 0 N–H and O–H groups in total. The molecule has 0 fully saturated rings. The van der Waals surface area contributed by atoms with E-state index in [4.69, 9.17) is 30.8 Å². The molecule has 1 aliphatic rings. The van der Waals surface area contributed by atoms with Crippen molar-refractivity contribution in [1.29, 1.82) is 0 Å². The van der Waals surface area contributed by atoms with Gasteiger partial charge in [-0.2, -0.15) is 13.2 Å². The number of hydrogen-bond acceptors (Lipinski definition) is 9. The molecule has 0 saturated carbocycles. The van der Waals surface area contributed by atoms with E-state index in [2.05, 4.69) is 10.2 Å². The molecule has 0 spiro atoms. The number of hydrogen-bond donors (Lipinski definition) is 0. The SMILES string of the molecule is CCOC(=O)CCc1sc(CC2SC(c3cccc(OC)c3OC)c3cc(Cl)ccc3-n3c2nnc3C(F)(F)F)nc1C. The normalized spacial score (nSPS) is 16.3. The summed E-state index contributed by atoms with van der Waals surface area (Å²) < 4.78 is 60.4. The molecule has 2 aromatic heterocycles. The van der Waals surface area contributed by atoms with E-state index in [-0.39, 0.29) is 30.3 Å².